The zero-order valence-electron chi connectivity index (χ0n) is 13.2. The summed E-state index contributed by atoms with van der Waals surface area (Å²) in [7, 11) is 0. The van der Waals surface area contributed by atoms with Crippen LogP contribution in [0.5, 0.6) is 0 Å². The van der Waals surface area contributed by atoms with Crippen molar-refractivity contribution >= 4 is 17.6 Å². The third kappa shape index (κ3) is 4.23. The number of hydrogen-bond acceptors (Lipinski definition) is 4. The molecule has 0 saturated heterocycles. The summed E-state index contributed by atoms with van der Waals surface area (Å²) in [5.41, 5.74) is 7.57. The minimum Gasteiger partial charge on any atom is -0.355 e. The summed E-state index contributed by atoms with van der Waals surface area (Å²) >= 11 is 0. The lowest BCUT2D eigenvalue weighted by atomic mass is 10.1. The molecule has 0 spiro atoms. The lowest BCUT2D eigenvalue weighted by molar-refractivity contribution is 0.0942. The van der Waals surface area contributed by atoms with Gasteiger partial charge in [0.15, 0.2) is 11.5 Å². The SMILES string of the molecule is NC(=O)Nc1ccc(CNC(=O)c2cc(-c3ccccc3)on2)cc1. The molecule has 0 saturated carbocycles. The number of carbonyl (C=O) groups is 2. The van der Waals surface area contributed by atoms with Gasteiger partial charge < -0.3 is 20.9 Å². The average Bonchev–Trinajstić information content (AvgIpc) is 3.11. The van der Waals surface area contributed by atoms with Crippen LogP contribution in [-0.4, -0.2) is 17.1 Å². The van der Waals surface area contributed by atoms with Gasteiger partial charge in [-0.15, -0.1) is 0 Å². The molecule has 4 N–H and O–H groups in total. The highest BCUT2D eigenvalue weighted by atomic mass is 16.5. The van der Waals surface area contributed by atoms with E-state index in [4.69, 9.17) is 10.3 Å². The number of nitrogens with two attached hydrogens (primary N) is 1. The summed E-state index contributed by atoms with van der Waals surface area (Å²) in [5.74, 6) is 0.206. The predicted molar refractivity (Wildman–Crippen MR) is 92.8 cm³/mol. The van der Waals surface area contributed by atoms with E-state index in [2.05, 4.69) is 15.8 Å². The Morgan fingerprint density at radius 1 is 1.04 bits per heavy atom. The zero-order valence-corrected chi connectivity index (χ0v) is 13.2. The van der Waals surface area contributed by atoms with Gasteiger partial charge in [-0.1, -0.05) is 47.6 Å². The lowest BCUT2D eigenvalue weighted by Gasteiger charge is -2.05. The fourth-order valence-electron chi connectivity index (χ4n) is 2.24. The Labute approximate surface area is 143 Å². The van der Waals surface area contributed by atoms with E-state index in [0.717, 1.165) is 11.1 Å². The molecule has 0 aliphatic carbocycles. The van der Waals surface area contributed by atoms with E-state index >= 15 is 0 Å². The van der Waals surface area contributed by atoms with Crippen LogP contribution in [-0.2, 0) is 6.54 Å². The molecule has 126 valence electrons. The highest BCUT2D eigenvalue weighted by Gasteiger charge is 2.13. The average molecular weight is 336 g/mol. The number of nitrogens with one attached hydrogen (secondary N) is 2. The number of anilines is 1. The van der Waals surface area contributed by atoms with Gasteiger partial charge in [-0.3, -0.25) is 4.79 Å². The van der Waals surface area contributed by atoms with E-state index < -0.39 is 6.03 Å². The number of rotatable bonds is 5. The number of carbonyl (C=O) groups excluding carboxylic acids is 2. The molecule has 3 amide bonds. The lowest BCUT2D eigenvalue weighted by Crippen LogP contribution is -2.23. The Morgan fingerprint density at radius 2 is 1.76 bits per heavy atom. The molecule has 0 atom stereocenters. The molecule has 1 aromatic heterocycles. The van der Waals surface area contributed by atoms with Gasteiger partial charge in [-0.25, -0.2) is 4.79 Å². The van der Waals surface area contributed by atoms with Crippen molar-refractivity contribution < 1.29 is 14.1 Å². The first kappa shape index (κ1) is 16.3. The molecule has 3 aromatic rings. The van der Waals surface area contributed by atoms with Gasteiger partial charge in [0, 0.05) is 23.9 Å². The number of hydrogen-bond donors (Lipinski definition) is 3. The van der Waals surface area contributed by atoms with Gasteiger partial charge in [0.2, 0.25) is 0 Å². The summed E-state index contributed by atoms with van der Waals surface area (Å²) in [4.78, 5) is 22.9. The van der Waals surface area contributed by atoms with Crippen molar-refractivity contribution in [3.63, 3.8) is 0 Å². The van der Waals surface area contributed by atoms with Gasteiger partial charge >= 0.3 is 6.03 Å². The highest BCUT2D eigenvalue weighted by molar-refractivity contribution is 5.93. The number of urea groups is 1. The molecule has 2 aromatic carbocycles. The first-order valence-corrected chi connectivity index (χ1v) is 7.57. The van der Waals surface area contributed by atoms with Crippen LogP contribution in [0.25, 0.3) is 11.3 Å². The van der Waals surface area contributed by atoms with Crippen molar-refractivity contribution in [2.24, 2.45) is 5.73 Å². The van der Waals surface area contributed by atoms with Crippen LogP contribution in [0.3, 0.4) is 0 Å². The number of amides is 3. The van der Waals surface area contributed by atoms with E-state index in [1.165, 1.54) is 0 Å². The normalized spacial score (nSPS) is 10.2. The minimum atomic E-state index is -0.624. The van der Waals surface area contributed by atoms with Crippen LogP contribution in [0.4, 0.5) is 10.5 Å². The molecule has 1 heterocycles. The number of primary amides is 1. The molecule has 0 aliphatic rings. The third-order valence-corrected chi connectivity index (χ3v) is 3.48. The van der Waals surface area contributed by atoms with Gasteiger partial charge in [0.1, 0.15) is 0 Å². The molecule has 25 heavy (non-hydrogen) atoms. The van der Waals surface area contributed by atoms with E-state index in [-0.39, 0.29) is 11.6 Å². The van der Waals surface area contributed by atoms with Crippen LogP contribution in [0, 0.1) is 0 Å². The number of aromatic nitrogens is 1. The van der Waals surface area contributed by atoms with Crippen molar-refractivity contribution in [3.8, 4) is 11.3 Å². The van der Waals surface area contributed by atoms with Gasteiger partial charge in [0.25, 0.3) is 5.91 Å². The molecule has 7 nitrogen and oxygen atoms in total. The monoisotopic (exact) mass is 336 g/mol. The standard InChI is InChI=1S/C18H16N4O3/c19-18(24)21-14-8-6-12(7-9-14)11-20-17(23)15-10-16(25-22-15)13-4-2-1-3-5-13/h1-10H,11H2,(H,20,23)(H3,19,21,24). The molecule has 3 rings (SSSR count). The third-order valence-electron chi connectivity index (χ3n) is 3.48. The van der Waals surface area contributed by atoms with Crippen LogP contribution in [0.2, 0.25) is 0 Å². The zero-order chi connectivity index (χ0) is 17.6. The van der Waals surface area contributed by atoms with Crippen LogP contribution >= 0.6 is 0 Å². The van der Waals surface area contributed by atoms with Crippen molar-refractivity contribution in [2.45, 2.75) is 6.54 Å². The fourth-order valence-corrected chi connectivity index (χ4v) is 2.24. The van der Waals surface area contributed by atoms with Crippen molar-refractivity contribution in [1.29, 1.82) is 0 Å². The second-order valence-corrected chi connectivity index (χ2v) is 5.31. The molecule has 0 aliphatic heterocycles. The number of nitrogens with zero attached hydrogens (tertiary/aromatic N) is 1. The maximum absolute atomic E-state index is 12.2. The van der Waals surface area contributed by atoms with Crippen molar-refractivity contribution in [2.75, 3.05) is 5.32 Å². The van der Waals surface area contributed by atoms with Crippen LogP contribution < -0.4 is 16.4 Å². The Hall–Kier alpha value is -3.61. The fraction of sp³-hybridized carbons (Fsp3) is 0.0556. The van der Waals surface area contributed by atoms with Crippen LogP contribution in [0.1, 0.15) is 16.1 Å². The first-order valence-electron chi connectivity index (χ1n) is 7.57. The molecular formula is C18H16N4O3. The summed E-state index contributed by atoms with van der Waals surface area (Å²) in [6, 6.07) is 17.4. The Balaban J connectivity index is 1.59. The molecule has 0 fully saturated rings. The number of benzene rings is 2. The van der Waals surface area contributed by atoms with E-state index in [1.807, 2.05) is 30.3 Å². The van der Waals surface area contributed by atoms with Crippen molar-refractivity contribution in [1.82, 2.24) is 10.5 Å². The van der Waals surface area contributed by atoms with Crippen molar-refractivity contribution in [3.05, 3.63) is 71.9 Å². The maximum atomic E-state index is 12.2. The summed E-state index contributed by atoms with van der Waals surface area (Å²) in [5, 5.41) is 9.04. The summed E-state index contributed by atoms with van der Waals surface area (Å²) < 4.78 is 5.21. The second kappa shape index (κ2) is 7.31. The largest absolute Gasteiger partial charge is 0.355 e. The topological polar surface area (TPSA) is 110 Å². The Morgan fingerprint density at radius 3 is 2.44 bits per heavy atom. The van der Waals surface area contributed by atoms with Gasteiger partial charge in [-0.05, 0) is 17.7 Å². The predicted octanol–water partition coefficient (Wildman–Crippen LogP) is 2.76. The smallest absolute Gasteiger partial charge is 0.316 e. The molecule has 0 bridgehead atoms. The van der Waals surface area contributed by atoms with E-state index in [0.29, 0.717) is 18.0 Å². The Bertz CT molecular complexity index is 873. The molecular weight excluding hydrogens is 320 g/mol. The first-order chi connectivity index (χ1) is 12.1. The van der Waals surface area contributed by atoms with Crippen LogP contribution in [0.15, 0.2) is 65.2 Å². The van der Waals surface area contributed by atoms with E-state index in [1.54, 1.807) is 30.3 Å². The summed E-state index contributed by atoms with van der Waals surface area (Å²) in [6.07, 6.45) is 0. The van der Waals surface area contributed by atoms with Gasteiger partial charge in [0.05, 0.1) is 0 Å². The molecule has 0 radical (unpaired) electrons. The molecule has 7 heteroatoms. The maximum Gasteiger partial charge on any atom is 0.316 e. The summed E-state index contributed by atoms with van der Waals surface area (Å²) in [6.45, 7) is 0.323. The van der Waals surface area contributed by atoms with E-state index in [9.17, 15) is 9.59 Å². The van der Waals surface area contributed by atoms with Gasteiger partial charge in [-0.2, -0.15) is 0 Å². The second-order valence-electron chi connectivity index (χ2n) is 5.31. The minimum absolute atomic E-state index is 0.214. The highest BCUT2D eigenvalue weighted by Crippen LogP contribution is 2.19. The Kier molecular flexibility index (Phi) is 4.75. The molecule has 0 unspecified atom stereocenters. The quantitative estimate of drug-likeness (QED) is 0.665.